The Kier molecular flexibility index (Phi) is 14.6. The molecule has 0 radical (unpaired) electrons. The molecular weight excluding hydrogens is 403 g/mol. The molecular formula is C15H29IO6. The Morgan fingerprint density at radius 1 is 0.773 bits per heavy atom. The van der Waals surface area contributed by atoms with E-state index in [0.717, 1.165) is 11.0 Å². The molecule has 6 nitrogen and oxygen atoms in total. The van der Waals surface area contributed by atoms with Crippen molar-refractivity contribution >= 4 is 28.6 Å². The number of hydrogen-bond donors (Lipinski definition) is 0. The minimum absolute atomic E-state index is 0.244. The number of alkyl halides is 1. The van der Waals surface area contributed by atoms with Crippen LogP contribution in [0.1, 0.15) is 27.2 Å². The first-order chi connectivity index (χ1) is 10.5. The monoisotopic (exact) mass is 432 g/mol. The molecule has 0 amide bonds. The maximum atomic E-state index is 11.4. The van der Waals surface area contributed by atoms with Gasteiger partial charge in [0.05, 0.1) is 59.3 Å². The van der Waals surface area contributed by atoms with E-state index >= 15 is 0 Å². The number of rotatable bonds is 14. The molecule has 0 aromatic carbocycles. The van der Waals surface area contributed by atoms with E-state index in [1.54, 1.807) is 0 Å². The summed E-state index contributed by atoms with van der Waals surface area (Å²) in [6.45, 7) is 9.89. The van der Waals surface area contributed by atoms with E-state index in [-0.39, 0.29) is 12.4 Å². The van der Waals surface area contributed by atoms with Crippen molar-refractivity contribution in [2.24, 2.45) is 0 Å². The van der Waals surface area contributed by atoms with Gasteiger partial charge in [-0.15, -0.1) is 0 Å². The first-order valence-corrected chi connectivity index (χ1v) is 9.07. The van der Waals surface area contributed by atoms with Crippen LogP contribution in [0, 0.1) is 0 Å². The van der Waals surface area contributed by atoms with Crippen LogP contribution in [-0.4, -0.2) is 68.9 Å². The van der Waals surface area contributed by atoms with Crippen LogP contribution in [0.3, 0.4) is 0 Å². The predicted molar refractivity (Wildman–Crippen MR) is 92.6 cm³/mol. The third-order valence-electron chi connectivity index (χ3n) is 2.21. The predicted octanol–water partition coefficient (Wildman–Crippen LogP) is 2.22. The molecule has 0 aliphatic rings. The molecule has 0 aliphatic heterocycles. The highest BCUT2D eigenvalue weighted by molar-refractivity contribution is 14.1. The van der Waals surface area contributed by atoms with Gasteiger partial charge in [-0.1, -0.05) is 22.6 Å². The van der Waals surface area contributed by atoms with Gasteiger partial charge in [-0.2, -0.15) is 0 Å². The molecule has 0 unspecified atom stereocenters. The van der Waals surface area contributed by atoms with Gasteiger partial charge in [0.1, 0.15) is 5.60 Å². The quantitative estimate of drug-likeness (QED) is 0.182. The summed E-state index contributed by atoms with van der Waals surface area (Å²) in [5.41, 5.74) is -0.443. The molecule has 132 valence electrons. The van der Waals surface area contributed by atoms with Gasteiger partial charge in [0.25, 0.3) is 0 Å². The summed E-state index contributed by atoms with van der Waals surface area (Å²) < 4.78 is 27.4. The van der Waals surface area contributed by atoms with Crippen molar-refractivity contribution in [3.63, 3.8) is 0 Å². The Morgan fingerprint density at radius 2 is 1.18 bits per heavy atom. The first-order valence-electron chi connectivity index (χ1n) is 7.54. The number of hydrogen-bond acceptors (Lipinski definition) is 6. The van der Waals surface area contributed by atoms with Gasteiger partial charge < -0.3 is 23.7 Å². The van der Waals surface area contributed by atoms with Gasteiger partial charge in [-0.05, 0) is 20.8 Å². The SMILES string of the molecule is CC(C)(C)OC(=O)CCOCCOCCOCCOCCI. The van der Waals surface area contributed by atoms with Gasteiger partial charge in [0.2, 0.25) is 0 Å². The molecule has 0 aromatic rings. The molecule has 0 atom stereocenters. The number of carbonyl (C=O) groups excluding carboxylic acids is 1. The van der Waals surface area contributed by atoms with Crippen LogP contribution in [0.25, 0.3) is 0 Å². The lowest BCUT2D eigenvalue weighted by Gasteiger charge is -2.19. The van der Waals surface area contributed by atoms with E-state index in [0.29, 0.717) is 46.2 Å². The van der Waals surface area contributed by atoms with E-state index in [4.69, 9.17) is 23.7 Å². The Morgan fingerprint density at radius 3 is 1.59 bits per heavy atom. The maximum absolute atomic E-state index is 11.4. The fraction of sp³-hybridized carbons (Fsp3) is 0.933. The standard InChI is InChI=1S/C15H29IO6/c1-15(2,3)22-14(17)4-6-18-8-10-20-12-13-21-11-9-19-7-5-16/h4-13H2,1-3H3. The summed E-state index contributed by atoms with van der Waals surface area (Å²) in [5.74, 6) is -0.244. The average molecular weight is 432 g/mol. The molecule has 0 N–H and O–H groups in total. The average Bonchev–Trinajstić information content (AvgIpc) is 2.42. The second-order valence-electron chi connectivity index (χ2n) is 5.47. The highest BCUT2D eigenvalue weighted by Crippen LogP contribution is 2.07. The smallest absolute Gasteiger partial charge is 0.308 e. The van der Waals surface area contributed by atoms with E-state index < -0.39 is 5.60 Å². The minimum Gasteiger partial charge on any atom is -0.460 e. The molecule has 0 rings (SSSR count). The largest absolute Gasteiger partial charge is 0.460 e. The van der Waals surface area contributed by atoms with Crippen molar-refractivity contribution in [1.82, 2.24) is 0 Å². The third kappa shape index (κ3) is 18.1. The fourth-order valence-electron chi connectivity index (χ4n) is 1.36. The van der Waals surface area contributed by atoms with Crippen molar-refractivity contribution in [2.45, 2.75) is 32.8 Å². The van der Waals surface area contributed by atoms with Crippen LogP contribution < -0.4 is 0 Å². The fourth-order valence-corrected chi connectivity index (χ4v) is 1.68. The summed E-state index contributed by atoms with van der Waals surface area (Å²) >= 11 is 2.27. The molecule has 0 aromatic heterocycles. The first kappa shape index (κ1) is 22.0. The molecule has 0 spiro atoms. The topological polar surface area (TPSA) is 63.2 Å². The summed E-state index contributed by atoms with van der Waals surface area (Å²) in [5, 5.41) is 0. The summed E-state index contributed by atoms with van der Waals surface area (Å²) in [4.78, 5) is 11.4. The third-order valence-corrected chi connectivity index (χ3v) is 2.65. The number of ether oxygens (including phenoxy) is 5. The number of esters is 1. The van der Waals surface area contributed by atoms with Crippen LogP contribution >= 0.6 is 22.6 Å². The van der Waals surface area contributed by atoms with Gasteiger partial charge >= 0.3 is 5.97 Å². The highest BCUT2D eigenvalue weighted by atomic mass is 127. The van der Waals surface area contributed by atoms with Crippen LogP contribution in [0.5, 0.6) is 0 Å². The van der Waals surface area contributed by atoms with E-state index in [1.165, 1.54) is 0 Å². The van der Waals surface area contributed by atoms with Gasteiger partial charge in [-0.25, -0.2) is 0 Å². The molecule has 0 fully saturated rings. The normalized spacial score (nSPS) is 11.6. The Balaban J connectivity index is 3.16. The van der Waals surface area contributed by atoms with E-state index in [1.807, 2.05) is 20.8 Å². The molecule has 0 bridgehead atoms. The lowest BCUT2D eigenvalue weighted by atomic mass is 10.2. The number of carbonyl (C=O) groups is 1. The molecule has 0 aliphatic carbocycles. The van der Waals surface area contributed by atoms with Crippen LogP contribution in [0.4, 0.5) is 0 Å². The molecule has 22 heavy (non-hydrogen) atoms. The zero-order valence-corrected chi connectivity index (χ0v) is 16.1. The Hall–Kier alpha value is 0.0400. The van der Waals surface area contributed by atoms with Crippen molar-refractivity contribution in [3.8, 4) is 0 Å². The molecule has 0 heterocycles. The Bertz CT molecular complexity index is 267. The van der Waals surface area contributed by atoms with E-state index in [2.05, 4.69) is 22.6 Å². The minimum atomic E-state index is -0.443. The number of halogens is 1. The molecule has 0 saturated carbocycles. The van der Waals surface area contributed by atoms with Crippen molar-refractivity contribution < 1.29 is 28.5 Å². The lowest BCUT2D eigenvalue weighted by molar-refractivity contribution is -0.156. The lowest BCUT2D eigenvalue weighted by Crippen LogP contribution is -2.24. The van der Waals surface area contributed by atoms with Gasteiger partial charge in [0.15, 0.2) is 0 Å². The van der Waals surface area contributed by atoms with Crippen molar-refractivity contribution in [2.75, 3.05) is 57.3 Å². The van der Waals surface area contributed by atoms with Crippen LogP contribution in [0.15, 0.2) is 0 Å². The van der Waals surface area contributed by atoms with Crippen molar-refractivity contribution in [3.05, 3.63) is 0 Å². The molecule has 7 heteroatoms. The van der Waals surface area contributed by atoms with Crippen LogP contribution in [0.2, 0.25) is 0 Å². The molecule has 0 saturated heterocycles. The van der Waals surface area contributed by atoms with E-state index in [9.17, 15) is 4.79 Å². The van der Waals surface area contributed by atoms with Gasteiger partial charge in [-0.3, -0.25) is 4.79 Å². The highest BCUT2D eigenvalue weighted by Gasteiger charge is 2.15. The zero-order valence-electron chi connectivity index (χ0n) is 13.9. The second-order valence-corrected chi connectivity index (χ2v) is 6.55. The Labute approximate surface area is 147 Å². The zero-order chi connectivity index (χ0) is 16.7. The summed E-state index contributed by atoms with van der Waals surface area (Å²) in [7, 11) is 0. The van der Waals surface area contributed by atoms with Gasteiger partial charge in [0, 0.05) is 4.43 Å². The summed E-state index contributed by atoms with van der Waals surface area (Å²) in [6, 6.07) is 0. The second kappa shape index (κ2) is 14.6. The summed E-state index contributed by atoms with van der Waals surface area (Å²) in [6.07, 6.45) is 0.262. The van der Waals surface area contributed by atoms with Crippen LogP contribution in [-0.2, 0) is 28.5 Å². The van der Waals surface area contributed by atoms with Crippen molar-refractivity contribution in [1.29, 1.82) is 0 Å². The maximum Gasteiger partial charge on any atom is 0.308 e.